The van der Waals surface area contributed by atoms with Crippen molar-refractivity contribution in [3.8, 4) is 0 Å². The van der Waals surface area contributed by atoms with Crippen molar-refractivity contribution in [2.45, 2.75) is 335 Å². The number of benzene rings is 1. The lowest BCUT2D eigenvalue weighted by atomic mass is 9.96. The summed E-state index contributed by atoms with van der Waals surface area (Å²) in [5.41, 5.74) is 0.835. The van der Waals surface area contributed by atoms with E-state index in [0.717, 1.165) is 67.9 Å². The number of carbonyl (C=O) groups excluding carboxylic acids is 18. The second-order valence-corrected chi connectivity index (χ2v) is 30.8. The van der Waals surface area contributed by atoms with Gasteiger partial charge in [0.05, 0.1) is 0 Å². The quantitative estimate of drug-likeness (QED) is 0.0264. The number of hydrogen-bond donors (Lipinski definition) is 8. The maximum absolute atomic E-state index is 14.7. The molecule has 3 fully saturated rings. The maximum atomic E-state index is 14.7. The Kier molecular flexibility index (Phi) is 51.6. The van der Waals surface area contributed by atoms with Gasteiger partial charge in [-0.2, -0.15) is 0 Å². The van der Waals surface area contributed by atoms with Crippen LogP contribution < -0.4 is 42.5 Å². The van der Waals surface area contributed by atoms with Crippen LogP contribution in [0.4, 0.5) is 0 Å². The van der Waals surface area contributed by atoms with Crippen molar-refractivity contribution in [1.29, 1.82) is 0 Å². The van der Waals surface area contributed by atoms with Crippen molar-refractivity contribution in [3.05, 3.63) is 35.9 Å². The van der Waals surface area contributed by atoms with Crippen molar-refractivity contribution in [2.75, 3.05) is 59.3 Å². The Morgan fingerprint density at radius 2 is 0.630 bits per heavy atom. The molecule has 3 aliphatic rings. The Morgan fingerprint density at radius 3 is 0.976 bits per heavy atom. The molecule has 42 heteroatoms. The number of unbranched alkanes of at least 4 members (excludes halogenated alkanes) is 10. The second kappa shape index (κ2) is 60.2. The average molecular weight is 1810 g/mol. The average Bonchev–Trinajstić information content (AvgIpc) is 0.795. The van der Waals surface area contributed by atoms with Crippen molar-refractivity contribution in [2.24, 2.45) is 0 Å². The molecular formula is C85H130N8O34. The lowest BCUT2D eigenvalue weighted by Crippen LogP contribution is -2.66. The molecule has 3 saturated heterocycles. The topological polar surface area (TPSA) is 551 Å². The van der Waals surface area contributed by atoms with E-state index in [2.05, 4.69) is 42.5 Å². The first-order chi connectivity index (χ1) is 60.4. The monoisotopic (exact) mass is 1810 g/mol. The van der Waals surface area contributed by atoms with Gasteiger partial charge in [-0.1, -0.05) is 56.0 Å². The molecule has 0 saturated carbocycles. The number of nitrogens with one attached hydrogen (secondary N) is 8. The van der Waals surface area contributed by atoms with Gasteiger partial charge < -0.3 is 118 Å². The van der Waals surface area contributed by atoms with Gasteiger partial charge in [-0.05, 0) is 95.5 Å². The fourth-order valence-corrected chi connectivity index (χ4v) is 14.0. The van der Waals surface area contributed by atoms with Crippen molar-refractivity contribution >= 4 is 107 Å². The zero-order valence-corrected chi connectivity index (χ0v) is 74.7. The Hall–Kier alpha value is -10.6. The minimum atomic E-state index is -1.36. The molecule has 0 radical (unpaired) electrons. The summed E-state index contributed by atoms with van der Waals surface area (Å²) in [6.45, 7) is 13.2. The van der Waals surface area contributed by atoms with E-state index in [1.165, 1.54) is 20.8 Å². The van der Waals surface area contributed by atoms with Crippen LogP contribution in [0.5, 0.6) is 0 Å². The molecule has 0 aliphatic carbocycles. The van der Waals surface area contributed by atoms with Gasteiger partial charge in [0.1, 0.15) is 74.9 Å². The smallest absolute Gasteiger partial charge is 0.306 e. The molecule has 17 atom stereocenters. The van der Waals surface area contributed by atoms with Crippen LogP contribution in [-0.2, 0) is 169 Å². The van der Waals surface area contributed by atoms with Gasteiger partial charge in [-0.15, -0.1) is 0 Å². The van der Waals surface area contributed by atoms with E-state index in [-0.39, 0.29) is 115 Å². The van der Waals surface area contributed by atoms with Gasteiger partial charge in [-0.25, -0.2) is 0 Å². The Labute approximate surface area is 738 Å². The van der Waals surface area contributed by atoms with Gasteiger partial charge >= 0.3 is 59.7 Å². The summed E-state index contributed by atoms with van der Waals surface area (Å²) in [5.74, 6) is -11.1. The molecule has 127 heavy (non-hydrogen) atoms. The summed E-state index contributed by atoms with van der Waals surface area (Å²) in [7, 11) is 0. The van der Waals surface area contributed by atoms with Crippen LogP contribution in [-0.4, -0.2) is 270 Å². The van der Waals surface area contributed by atoms with Gasteiger partial charge in [0.25, 0.3) is 0 Å². The molecule has 8 amide bonds. The van der Waals surface area contributed by atoms with Crippen LogP contribution in [0.3, 0.4) is 0 Å². The molecule has 8 N–H and O–H groups in total. The molecule has 714 valence electrons. The molecule has 3 heterocycles. The summed E-state index contributed by atoms with van der Waals surface area (Å²) in [4.78, 5) is 228. The Balaban J connectivity index is 1.45. The first-order valence-electron chi connectivity index (χ1n) is 43.1. The van der Waals surface area contributed by atoms with Gasteiger partial charge in [0.2, 0.25) is 47.3 Å². The van der Waals surface area contributed by atoms with Gasteiger partial charge in [-0.3, -0.25) is 86.3 Å². The van der Waals surface area contributed by atoms with Crippen LogP contribution in [0, 0.1) is 0 Å². The lowest BCUT2D eigenvalue weighted by molar-refractivity contribution is -0.277. The number of esters is 10. The highest BCUT2D eigenvalue weighted by Crippen LogP contribution is 2.32. The number of rotatable bonds is 58. The van der Waals surface area contributed by atoms with Crippen molar-refractivity contribution in [1.82, 2.24) is 42.5 Å². The van der Waals surface area contributed by atoms with Crippen LogP contribution in [0.1, 0.15) is 230 Å². The number of ether oxygens (including phenoxy) is 16. The molecular weight excluding hydrogens is 1680 g/mol. The van der Waals surface area contributed by atoms with Gasteiger partial charge in [0.15, 0.2) is 55.5 Å². The Bertz CT molecular complexity index is 3720. The summed E-state index contributed by atoms with van der Waals surface area (Å²) in [5, 5.41) is 22.3. The standard InChI is InChI=1S/C85H130N8O34/c1-50(94)89-72-78(122-59(10)103)75(119-56(7)100)65(47-115-53(4)97)125-83(72)112-43-29-15-20-36-68(106)86-40-27-24-34-63(81(110)88-42-26-14-23-39-71(109)118-46-62-32-18-13-19-33-62)93-82(111)64(92-70(108)38-22-17-31-45-114-85-74(91-52(3)96)80(124-61(12)105)77(121-58(9)102)67(127-85)49-117-55(6)99)35-25-28-41-87-69(107)37-21-16-30-44-113-84-73(90-51(2)95)79(123-60(11)104)76(120-57(8)101)66(126-84)48-116-54(5)98/h13,18-19,32-33,63-67,72-80,83-85H,14-17,20-31,34-49H2,1-12H3,(H,86,106)(H,87,107)(H,88,110)(H,89,94)(H,90,95)(H,91,96)(H,92,108)(H,93,111). The summed E-state index contributed by atoms with van der Waals surface area (Å²) < 4.78 is 90.3. The second-order valence-electron chi connectivity index (χ2n) is 30.8. The van der Waals surface area contributed by atoms with E-state index < -0.39 is 213 Å². The van der Waals surface area contributed by atoms with E-state index in [1.807, 2.05) is 30.3 Å². The van der Waals surface area contributed by atoms with Crippen LogP contribution in [0.25, 0.3) is 0 Å². The van der Waals surface area contributed by atoms with Crippen molar-refractivity contribution in [3.63, 3.8) is 0 Å². The summed E-state index contributed by atoms with van der Waals surface area (Å²) >= 11 is 0. The molecule has 42 nitrogen and oxygen atoms in total. The lowest BCUT2D eigenvalue weighted by Gasteiger charge is -2.44. The summed E-state index contributed by atoms with van der Waals surface area (Å²) in [6, 6.07) is 3.28. The molecule has 0 aromatic heterocycles. The third-order valence-corrected chi connectivity index (χ3v) is 19.6. The number of hydrogen-bond acceptors (Lipinski definition) is 34. The zero-order valence-electron chi connectivity index (χ0n) is 74.7. The highest BCUT2D eigenvalue weighted by molar-refractivity contribution is 5.92. The highest BCUT2D eigenvalue weighted by atomic mass is 16.7. The van der Waals surface area contributed by atoms with Crippen LogP contribution in [0.15, 0.2) is 30.3 Å². The van der Waals surface area contributed by atoms with E-state index in [4.69, 9.17) is 75.8 Å². The van der Waals surface area contributed by atoms with Crippen LogP contribution in [0.2, 0.25) is 0 Å². The first kappa shape index (κ1) is 109. The fraction of sp³-hybridized carbons (Fsp3) is 0.718. The SMILES string of the molecule is CC(=O)NC1C(OCCCCCC(=O)NCCCCC(NC(=O)CCCCCOC2OC(COC(C)=O)C(OC(C)=O)C(OC(C)=O)C2NC(C)=O)C(=O)NC(CCCCNC(=O)CCCCCOC2OC(COC(C)=O)C(OC(C)=O)C(OC(C)=O)C2NC(C)=O)C(=O)NCCCCCC(=O)OCc2ccccc2)OC(COC(C)=O)C(OC(C)=O)C1OC(C)=O. The largest absolute Gasteiger partial charge is 0.463 e. The third kappa shape index (κ3) is 45.1. The fourth-order valence-electron chi connectivity index (χ4n) is 14.0. The zero-order chi connectivity index (χ0) is 93.9. The molecule has 0 bridgehead atoms. The third-order valence-electron chi connectivity index (χ3n) is 19.6. The van der Waals surface area contributed by atoms with E-state index >= 15 is 0 Å². The minimum absolute atomic E-state index is 0.0233. The van der Waals surface area contributed by atoms with Crippen LogP contribution >= 0.6 is 0 Å². The predicted octanol–water partition coefficient (Wildman–Crippen LogP) is 2.65. The minimum Gasteiger partial charge on any atom is -0.463 e. The van der Waals surface area contributed by atoms with Crippen molar-refractivity contribution < 1.29 is 162 Å². The molecule has 17 unspecified atom stereocenters. The van der Waals surface area contributed by atoms with E-state index in [9.17, 15) is 86.3 Å². The van der Waals surface area contributed by atoms with Gasteiger partial charge in [0, 0.05) is 148 Å². The number of carbonyl (C=O) groups is 18. The summed E-state index contributed by atoms with van der Waals surface area (Å²) in [6.07, 6.45) is -8.80. The first-order valence-corrected chi connectivity index (χ1v) is 43.1. The van der Waals surface area contributed by atoms with E-state index in [1.54, 1.807) is 0 Å². The molecule has 3 aliphatic heterocycles. The predicted molar refractivity (Wildman–Crippen MR) is 441 cm³/mol. The maximum Gasteiger partial charge on any atom is 0.306 e. The van der Waals surface area contributed by atoms with E-state index in [0.29, 0.717) is 89.9 Å². The number of amides is 8. The molecule has 0 spiro atoms. The molecule has 1 aromatic carbocycles. The molecule has 4 rings (SSSR count). The normalized spacial score (nSPS) is 22.2. The highest BCUT2D eigenvalue weighted by Gasteiger charge is 2.54. The molecule has 1 aromatic rings. The Morgan fingerprint density at radius 1 is 0.315 bits per heavy atom.